The van der Waals surface area contributed by atoms with E-state index in [1.54, 1.807) is 13.1 Å². The molecule has 0 saturated heterocycles. The van der Waals surface area contributed by atoms with E-state index in [-0.39, 0.29) is 6.04 Å². The third-order valence-corrected chi connectivity index (χ3v) is 6.96. The van der Waals surface area contributed by atoms with Crippen LogP contribution in [-0.2, 0) is 10.0 Å². The Morgan fingerprint density at radius 3 is 2.64 bits per heavy atom. The van der Waals surface area contributed by atoms with E-state index in [2.05, 4.69) is 28.2 Å². The monoisotopic (exact) mass is 422 g/mol. The number of hydrogen-bond donors (Lipinski definition) is 1. The molecule has 0 aliphatic carbocycles. The molecule has 0 bridgehead atoms. The molecule has 2 aromatic rings. The molecule has 1 aliphatic heterocycles. The quantitative estimate of drug-likeness (QED) is 0.723. The Morgan fingerprint density at radius 2 is 1.88 bits per heavy atom. The second-order valence-electron chi connectivity index (χ2n) is 6.31. The minimum atomic E-state index is -3.60. The number of fused-ring (bicyclic) bond motifs is 2. The maximum absolute atomic E-state index is 13.1. The smallest absolute Gasteiger partial charge is 0.264 e. The largest absolute Gasteiger partial charge is 0.306 e. The number of nitrogens with one attached hydrogen (secondary N) is 1. The molecule has 1 atom stereocenters. The number of anilines is 1. The molecular formula is C19H23BrN2O2S. The van der Waals surface area contributed by atoms with Crippen molar-refractivity contribution in [2.24, 2.45) is 0 Å². The molecule has 1 aliphatic rings. The highest BCUT2D eigenvalue weighted by Crippen LogP contribution is 2.40. The van der Waals surface area contributed by atoms with Crippen molar-refractivity contribution in [3.63, 3.8) is 0 Å². The van der Waals surface area contributed by atoms with Crippen LogP contribution in [0.4, 0.5) is 5.69 Å². The van der Waals surface area contributed by atoms with Gasteiger partial charge in [-0.1, -0.05) is 60.0 Å². The molecule has 0 saturated carbocycles. The zero-order chi connectivity index (χ0) is 18.0. The first-order chi connectivity index (χ1) is 12.0. The second kappa shape index (κ2) is 7.48. The van der Waals surface area contributed by atoms with Crippen molar-refractivity contribution in [1.29, 1.82) is 0 Å². The number of hydrogen-bond acceptors (Lipinski definition) is 3. The normalized spacial score (nSPS) is 18.4. The number of sulfonamides is 1. The van der Waals surface area contributed by atoms with Crippen LogP contribution in [0.3, 0.4) is 0 Å². The number of para-hydroxylation sites is 1. The van der Waals surface area contributed by atoms with Crippen molar-refractivity contribution in [1.82, 2.24) is 5.32 Å². The maximum atomic E-state index is 13.1. The topological polar surface area (TPSA) is 49.4 Å². The summed E-state index contributed by atoms with van der Waals surface area (Å²) in [5.74, 6) is 0. The third-order valence-electron chi connectivity index (χ3n) is 4.64. The van der Waals surface area contributed by atoms with E-state index in [1.807, 2.05) is 36.4 Å². The fourth-order valence-electron chi connectivity index (χ4n) is 3.27. The first kappa shape index (κ1) is 18.4. The maximum Gasteiger partial charge on any atom is 0.264 e. The van der Waals surface area contributed by atoms with Crippen LogP contribution in [0.1, 0.15) is 43.4 Å². The van der Waals surface area contributed by atoms with Crippen LogP contribution >= 0.6 is 15.9 Å². The highest BCUT2D eigenvalue weighted by Gasteiger charge is 2.34. The summed E-state index contributed by atoms with van der Waals surface area (Å²) in [6.45, 7) is 3.03. The number of benzene rings is 2. The Labute approximate surface area is 158 Å². The van der Waals surface area contributed by atoms with Crippen molar-refractivity contribution in [3.05, 3.63) is 58.1 Å². The van der Waals surface area contributed by atoms with Gasteiger partial charge in [0.1, 0.15) is 0 Å². The van der Waals surface area contributed by atoms with Gasteiger partial charge in [-0.2, -0.15) is 0 Å². The molecule has 1 unspecified atom stereocenters. The molecule has 4 nitrogen and oxygen atoms in total. The van der Waals surface area contributed by atoms with Crippen LogP contribution in [0.2, 0.25) is 0 Å². The summed E-state index contributed by atoms with van der Waals surface area (Å²) in [4.78, 5) is 0.355. The molecule has 2 aromatic carbocycles. The van der Waals surface area contributed by atoms with Crippen LogP contribution in [-0.4, -0.2) is 22.0 Å². The van der Waals surface area contributed by atoms with Gasteiger partial charge in [0.2, 0.25) is 0 Å². The molecule has 134 valence electrons. The van der Waals surface area contributed by atoms with Gasteiger partial charge >= 0.3 is 0 Å². The zero-order valence-corrected chi connectivity index (χ0v) is 16.9. The molecular weight excluding hydrogens is 400 g/mol. The van der Waals surface area contributed by atoms with Gasteiger partial charge < -0.3 is 5.32 Å². The lowest BCUT2D eigenvalue weighted by atomic mass is 9.96. The van der Waals surface area contributed by atoms with E-state index >= 15 is 0 Å². The van der Waals surface area contributed by atoms with Crippen molar-refractivity contribution in [3.8, 4) is 0 Å². The molecule has 0 amide bonds. The number of rotatable bonds is 5. The average molecular weight is 423 g/mol. The van der Waals surface area contributed by atoms with Gasteiger partial charge in [0.15, 0.2) is 0 Å². The van der Waals surface area contributed by atoms with Crippen LogP contribution in [0.5, 0.6) is 0 Å². The van der Waals surface area contributed by atoms with E-state index in [1.165, 1.54) is 4.31 Å². The predicted octanol–water partition coefficient (Wildman–Crippen LogP) is 4.46. The predicted molar refractivity (Wildman–Crippen MR) is 106 cm³/mol. The second-order valence-corrected chi connectivity index (χ2v) is 9.16. The summed E-state index contributed by atoms with van der Waals surface area (Å²) in [5.41, 5.74) is 2.52. The summed E-state index contributed by atoms with van der Waals surface area (Å²) in [6, 6.07) is 13.1. The highest BCUT2D eigenvalue weighted by atomic mass is 79.9. The highest BCUT2D eigenvalue weighted by molar-refractivity contribution is 9.10. The molecule has 1 N–H and O–H groups in total. The van der Waals surface area contributed by atoms with Gasteiger partial charge in [-0.15, -0.1) is 0 Å². The van der Waals surface area contributed by atoms with Gasteiger partial charge in [-0.05, 0) is 42.3 Å². The first-order valence-corrected chi connectivity index (χ1v) is 10.8. The zero-order valence-electron chi connectivity index (χ0n) is 14.5. The van der Waals surface area contributed by atoms with Gasteiger partial charge in [-0.25, -0.2) is 8.42 Å². The summed E-state index contributed by atoms with van der Waals surface area (Å²) >= 11 is 3.41. The summed E-state index contributed by atoms with van der Waals surface area (Å²) in [6.07, 6.45) is 3.39. The Morgan fingerprint density at radius 1 is 1.12 bits per heavy atom. The van der Waals surface area contributed by atoms with Crippen molar-refractivity contribution in [2.75, 3.05) is 17.9 Å². The summed E-state index contributed by atoms with van der Waals surface area (Å²) < 4.78 is 28.4. The molecule has 0 radical (unpaired) electrons. The third kappa shape index (κ3) is 3.48. The Balaban J connectivity index is 2.15. The Bertz CT molecular complexity index is 867. The molecule has 6 heteroatoms. The van der Waals surface area contributed by atoms with Crippen LogP contribution < -0.4 is 9.62 Å². The SMILES string of the molecule is CCCCCNC1c2ccccc2N(C)S(=O)(=O)c2cc(Br)ccc21. The minimum Gasteiger partial charge on any atom is -0.306 e. The van der Waals surface area contributed by atoms with Gasteiger partial charge in [0.25, 0.3) is 10.0 Å². The van der Waals surface area contributed by atoms with E-state index in [4.69, 9.17) is 0 Å². The van der Waals surface area contributed by atoms with E-state index in [0.717, 1.165) is 47.1 Å². The average Bonchev–Trinajstić information content (AvgIpc) is 2.67. The van der Waals surface area contributed by atoms with Crippen LogP contribution in [0, 0.1) is 0 Å². The molecule has 3 rings (SSSR count). The lowest BCUT2D eigenvalue weighted by Gasteiger charge is -2.22. The lowest BCUT2D eigenvalue weighted by Crippen LogP contribution is -2.26. The summed E-state index contributed by atoms with van der Waals surface area (Å²) in [7, 11) is -1.97. The number of halogens is 1. The Hall–Kier alpha value is -1.37. The van der Waals surface area contributed by atoms with E-state index < -0.39 is 10.0 Å². The van der Waals surface area contributed by atoms with E-state index in [0.29, 0.717) is 4.90 Å². The fraction of sp³-hybridized carbons (Fsp3) is 0.368. The summed E-state index contributed by atoms with van der Waals surface area (Å²) in [5, 5.41) is 3.58. The number of nitrogens with zero attached hydrogens (tertiary/aromatic N) is 1. The van der Waals surface area contributed by atoms with Gasteiger partial charge in [0, 0.05) is 11.5 Å². The number of unbranched alkanes of at least 4 members (excludes halogenated alkanes) is 2. The van der Waals surface area contributed by atoms with Gasteiger partial charge in [0.05, 0.1) is 16.6 Å². The molecule has 0 spiro atoms. The van der Waals surface area contributed by atoms with Gasteiger partial charge in [-0.3, -0.25) is 4.31 Å². The standard InChI is InChI=1S/C19H23BrN2O2S/c1-3-4-7-12-21-19-15-8-5-6-9-17(15)22(2)25(23,24)18-13-14(20)10-11-16(18)19/h5-6,8-11,13,19,21H,3-4,7,12H2,1-2H3. The first-order valence-electron chi connectivity index (χ1n) is 8.57. The fourth-order valence-corrected chi connectivity index (χ4v) is 5.27. The molecule has 0 aromatic heterocycles. The van der Waals surface area contributed by atoms with Crippen LogP contribution in [0.25, 0.3) is 0 Å². The molecule has 0 fully saturated rings. The molecule has 25 heavy (non-hydrogen) atoms. The van der Waals surface area contributed by atoms with Crippen molar-refractivity contribution in [2.45, 2.75) is 37.1 Å². The molecule has 1 heterocycles. The van der Waals surface area contributed by atoms with Crippen molar-refractivity contribution >= 4 is 31.6 Å². The van der Waals surface area contributed by atoms with Crippen molar-refractivity contribution < 1.29 is 8.42 Å². The Kier molecular flexibility index (Phi) is 5.51. The van der Waals surface area contributed by atoms with Crippen LogP contribution in [0.15, 0.2) is 51.8 Å². The lowest BCUT2D eigenvalue weighted by molar-refractivity contribution is 0.559. The van der Waals surface area contributed by atoms with E-state index in [9.17, 15) is 8.42 Å². The minimum absolute atomic E-state index is 0.143.